The van der Waals surface area contributed by atoms with E-state index in [0.717, 1.165) is 17.7 Å². The fourth-order valence-electron chi connectivity index (χ4n) is 3.42. The largest absolute Gasteiger partial charge is 0.444 e. The Balaban J connectivity index is 1.55. The van der Waals surface area contributed by atoms with Gasteiger partial charge in [-0.25, -0.2) is 18.6 Å². The maximum Gasteiger partial charge on any atom is 0.412 e. The lowest BCUT2D eigenvalue weighted by Crippen LogP contribution is -2.20. The van der Waals surface area contributed by atoms with Gasteiger partial charge in [0.05, 0.1) is 22.7 Å². The third-order valence-corrected chi connectivity index (χ3v) is 5.00. The molecule has 32 heavy (non-hydrogen) atoms. The monoisotopic (exact) mass is 434 g/mol. The van der Waals surface area contributed by atoms with E-state index in [2.05, 4.69) is 15.6 Å². The lowest BCUT2D eigenvalue weighted by Gasteiger charge is -2.14. The Kier molecular flexibility index (Phi) is 5.77. The molecular weight excluding hydrogens is 418 g/mol. The van der Waals surface area contributed by atoms with Gasteiger partial charge in [-0.15, -0.1) is 0 Å². The average Bonchev–Trinajstić information content (AvgIpc) is 3.23. The lowest BCUT2D eigenvalue weighted by molar-refractivity contribution is 0.0958. The van der Waals surface area contributed by atoms with Crippen LogP contribution in [0.1, 0.15) is 33.0 Å². The molecule has 7 nitrogen and oxygen atoms in total. The Morgan fingerprint density at radius 2 is 2.00 bits per heavy atom. The second-order valence-electron chi connectivity index (χ2n) is 7.04. The first-order valence-corrected chi connectivity index (χ1v) is 9.61. The summed E-state index contributed by atoms with van der Waals surface area (Å²) in [6.45, 7) is 0.0335. The third-order valence-electron chi connectivity index (χ3n) is 5.00. The summed E-state index contributed by atoms with van der Waals surface area (Å²) in [7, 11) is 0. The van der Waals surface area contributed by atoms with Crippen LogP contribution in [0, 0.1) is 23.0 Å². The number of benzene rings is 2. The number of carbonyl (C=O) groups excluding carboxylic acids is 2. The van der Waals surface area contributed by atoms with E-state index in [1.165, 1.54) is 12.3 Å². The molecule has 4 rings (SSSR count). The zero-order valence-electron chi connectivity index (χ0n) is 16.6. The molecule has 1 unspecified atom stereocenters. The maximum absolute atomic E-state index is 15.1. The van der Waals surface area contributed by atoms with Crippen molar-refractivity contribution in [1.82, 2.24) is 4.98 Å². The number of hydrogen-bond donors (Lipinski definition) is 2. The number of aromatic nitrogens is 1. The number of anilines is 2. The van der Waals surface area contributed by atoms with Crippen molar-refractivity contribution in [2.75, 3.05) is 17.2 Å². The minimum absolute atomic E-state index is 0.0416. The first kappa shape index (κ1) is 20.9. The zero-order valence-corrected chi connectivity index (χ0v) is 16.6. The molecule has 1 atom stereocenters. The molecule has 0 saturated heterocycles. The van der Waals surface area contributed by atoms with Crippen molar-refractivity contribution < 1.29 is 23.1 Å². The summed E-state index contributed by atoms with van der Waals surface area (Å²) < 4.78 is 34.6. The highest BCUT2D eigenvalue weighted by atomic mass is 19.1. The molecule has 1 aromatic heterocycles. The van der Waals surface area contributed by atoms with Gasteiger partial charge in [0.25, 0.3) is 0 Å². The first-order chi connectivity index (χ1) is 15.5. The SMILES string of the molecule is N#Cc1cnc2c(c1)C(C(=O)c1c(F)ccc(NC(=O)OCc3ccccc3)c1F)CN2. The summed E-state index contributed by atoms with van der Waals surface area (Å²) in [4.78, 5) is 29.1. The summed E-state index contributed by atoms with van der Waals surface area (Å²) in [6, 6.07) is 14.2. The second-order valence-corrected chi connectivity index (χ2v) is 7.04. The van der Waals surface area contributed by atoms with Gasteiger partial charge in [-0.3, -0.25) is 10.1 Å². The van der Waals surface area contributed by atoms with Crippen LogP contribution >= 0.6 is 0 Å². The molecule has 160 valence electrons. The summed E-state index contributed by atoms with van der Waals surface area (Å²) in [5.74, 6) is -3.65. The van der Waals surface area contributed by atoms with Crippen LogP contribution in [0.3, 0.4) is 0 Å². The molecule has 0 fully saturated rings. The van der Waals surface area contributed by atoms with E-state index in [1.54, 1.807) is 24.3 Å². The standard InChI is InChI=1S/C23H16F2N4O3/c24-17-6-7-18(29-23(31)32-12-13-4-2-1-3-5-13)20(25)19(17)21(30)16-11-28-22-15(16)8-14(9-26)10-27-22/h1-8,10,16H,11-12H2,(H,27,28)(H,29,31). The van der Waals surface area contributed by atoms with Gasteiger partial charge < -0.3 is 10.1 Å². The van der Waals surface area contributed by atoms with Crippen LogP contribution in [0.5, 0.6) is 0 Å². The van der Waals surface area contributed by atoms with Crippen molar-refractivity contribution in [3.05, 3.63) is 88.6 Å². The molecular formula is C23H16F2N4O3. The van der Waals surface area contributed by atoms with Crippen molar-refractivity contribution in [1.29, 1.82) is 5.26 Å². The summed E-state index contributed by atoms with van der Waals surface area (Å²) in [5.41, 5.74) is 0.169. The molecule has 2 heterocycles. The zero-order chi connectivity index (χ0) is 22.7. The highest BCUT2D eigenvalue weighted by Gasteiger charge is 2.34. The number of nitriles is 1. The number of rotatable bonds is 5. The number of nitrogens with one attached hydrogen (secondary N) is 2. The highest BCUT2D eigenvalue weighted by Crippen LogP contribution is 2.35. The molecule has 2 aromatic carbocycles. The number of pyridine rings is 1. The molecule has 0 saturated carbocycles. The molecule has 0 radical (unpaired) electrons. The molecule has 0 aliphatic carbocycles. The Labute approximate surface area is 181 Å². The van der Waals surface area contributed by atoms with Crippen LogP contribution in [0.25, 0.3) is 0 Å². The lowest BCUT2D eigenvalue weighted by atomic mass is 9.91. The second kappa shape index (κ2) is 8.81. The smallest absolute Gasteiger partial charge is 0.412 e. The fourth-order valence-corrected chi connectivity index (χ4v) is 3.42. The number of halogens is 2. The van der Waals surface area contributed by atoms with Gasteiger partial charge >= 0.3 is 6.09 Å². The van der Waals surface area contributed by atoms with E-state index >= 15 is 4.39 Å². The van der Waals surface area contributed by atoms with E-state index in [9.17, 15) is 14.0 Å². The van der Waals surface area contributed by atoms with Gasteiger partial charge in [-0.2, -0.15) is 5.26 Å². The van der Waals surface area contributed by atoms with Gasteiger partial charge in [0.1, 0.15) is 24.3 Å². The van der Waals surface area contributed by atoms with Crippen molar-refractivity contribution in [2.24, 2.45) is 0 Å². The van der Waals surface area contributed by atoms with Crippen molar-refractivity contribution in [3.63, 3.8) is 0 Å². The number of fused-ring (bicyclic) bond motifs is 1. The minimum Gasteiger partial charge on any atom is -0.444 e. The van der Waals surface area contributed by atoms with Gasteiger partial charge in [0.15, 0.2) is 11.6 Å². The first-order valence-electron chi connectivity index (χ1n) is 9.61. The Morgan fingerprint density at radius 3 is 2.75 bits per heavy atom. The van der Waals surface area contributed by atoms with E-state index in [0.29, 0.717) is 11.4 Å². The molecule has 1 amide bonds. The van der Waals surface area contributed by atoms with Crippen molar-refractivity contribution in [3.8, 4) is 6.07 Å². The third kappa shape index (κ3) is 4.11. The molecule has 3 aromatic rings. The number of amides is 1. The topological polar surface area (TPSA) is 104 Å². The van der Waals surface area contributed by atoms with E-state index in [1.807, 2.05) is 12.1 Å². The van der Waals surface area contributed by atoms with Gasteiger partial charge in [-0.05, 0) is 23.8 Å². The number of Topliss-reactive ketones (excluding diaryl/α,β-unsaturated/α-hetero) is 1. The Hall–Kier alpha value is -4.32. The molecule has 0 spiro atoms. The van der Waals surface area contributed by atoms with Gasteiger partial charge in [-0.1, -0.05) is 30.3 Å². The number of hydrogen-bond acceptors (Lipinski definition) is 6. The number of ether oxygens (including phenoxy) is 1. The van der Waals surface area contributed by atoms with Crippen LogP contribution in [-0.4, -0.2) is 23.4 Å². The van der Waals surface area contributed by atoms with Crippen LogP contribution < -0.4 is 10.6 Å². The Morgan fingerprint density at radius 1 is 1.22 bits per heavy atom. The number of nitrogens with zero attached hydrogens (tertiary/aromatic N) is 2. The normalized spacial score (nSPS) is 14.1. The fraction of sp³-hybridized carbons (Fsp3) is 0.130. The van der Waals surface area contributed by atoms with E-state index in [-0.39, 0.29) is 24.4 Å². The predicted octanol–water partition coefficient (Wildman–Crippen LogP) is 4.37. The number of carbonyl (C=O) groups is 2. The molecule has 0 bridgehead atoms. The number of ketones is 1. The summed E-state index contributed by atoms with van der Waals surface area (Å²) >= 11 is 0. The van der Waals surface area contributed by atoms with Crippen LogP contribution in [0.4, 0.5) is 25.1 Å². The van der Waals surface area contributed by atoms with E-state index < -0.39 is 35.0 Å². The van der Waals surface area contributed by atoms with Crippen LogP contribution in [-0.2, 0) is 11.3 Å². The van der Waals surface area contributed by atoms with Gasteiger partial charge in [0.2, 0.25) is 0 Å². The summed E-state index contributed by atoms with van der Waals surface area (Å²) in [5, 5.41) is 14.2. The maximum atomic E-state index is 15.1. The Bertz CT molecular complexity index is 1240. The quantitative estimate of drug-likeness (QED) is 0.578. The van der Waals surface area contributed by atoms with Crippen molar-refractivity contribution in [2.45, 2.75) is 12.5 Å². The van der Waals surface area contributed by atoms with Crippen LogP contribution in [0.2, 0.25) is 0 Å². The highest BCUT2D eigenvalue weighted by molar-refractivity contribution is 6.04. The summed E-state index contributed by atoms with van der Waals surface area (Å²) in [6.07, 6.45) is 0.388. The molecule has 1 aliphatic heterocycles. The molecule has 1 aliphatic rings. The average molecular weight is 434 g/mol. The van der Waals surface area contributed by atoms with Gasteiger partial charge in [0, 0.05) is 18.3 Å². The van der Waals surface area contributed by atoms with E-state index in [4.69, 9.17) is 10.00 Å². The molecule has 2 N–H and O–H groups in total. The van der Waals surface area contributed by atoms with Crippen molar-refractivity contribution >= 4 is 23.4 Å². The minimum atomic E-state index is -1.20. The predicted molar refractivity (Wildman–Crippen MR) is 111 cm³/mol. The molecule has 9 heteroatoms. The van der Waals surface area contributed by atoms with Crippen LogP contribution in [0.15, 0.2) is 54.7 Å².